The third-order valence-electron chi connectivity index (χ3n) is 18.9. The Kier molecular flexibility index (Phi) is 27.0. The van der Waals surface area contributed by atoms with E-state index in [1.54, 1.807) is 30.3 Å². The zero-order valence-electron chi connectivity index (χ0n) is 60.8. The molecule has 13 rings (SSSR count). The van der Waals surface area contributed by atoms with E-state index in [0.717, 1.165) is 50.1 Å². The van der Waals surface area contributed by atoms with Gasteiger partial charge in [-0.15, -0.1) is 0 Å². The summed E-state index contributed by atoms with van der Waals surface area (Å²) in [4.78, 5) is 28.2. The standard InChI is InChI=1S/C92H88O17/c1-4-54-97-88(93)71-50-52-76(78(55-71)95-2)106-90-86(102-61-69-40-22-9-23-41-69)84(100-59-67-36-18-7-19-37-67)82(98-57-65-32-14-5-15-33-65)80(108-90)63-104-89(94)72-51-53-77(79(56-72)96-3)107-91-87(103-62-70-42-24-10-25-43-70)85(101-60-68-38-20-8-21-39-68)83(99-58-66-34-16-6-17-35-66)81(109-91)64-105-92(73-44-26-11-27-45-73,74-46-28-12-29-47-74)75-48-30-13-31-49-75/h4-53,55-56,80-87,90-91H,1,54,57-64H2,2-3H3/t80-,81-,82-,83-,84+,85-,86-,87-,90-,91-/m1/s1. The van der Waals surface area contributed by atoms with Gasteiger partial charge in [0.05, 0.1) is 71.6 Å². The first-order chi connectivity index (χ1) is 53.7. The van der Waals surface area contributed by atoms with E-state index in [4.69, 9.17) is 71.1 Å². The minimum atomic E-state index is -1.28. The van der Waals surface area contributed by atoms with Gasteiger partial charge in [-0.25, -0.2) is 9.59 Å². The van der Waals surface area contributed by atoms with Crippen molar-refractivity contribution in [1.29, 1.82) is 0 Å². The van der Waals surface area contributed by atoms with Crippen LogP contribution in [-0.4, -0.2) is 107 Å². The minimum absolute atomic E-state index is 0.00951. The molecule has 0 spiro atoms. The van der Waals surface area contributed by atoms with E-state index in [-0.39, 0.29) is 93.6 Å². The molecular formula is C92H88O17. The Morgan fingerprint density at radius 1 is 0.339 bits per heavy atom. The monoisotopic (exact) mass is 1460 g/mol. The molecule has 0 radical (unpaired) electrons. The fourth-order valence-electron chi connectivity index (χ4n) is 13.4. The molecule has 2 saturated heterocycles. The lowest BCUT2D eigenvalue weighted by molar-refractivity contribution is -0.312. The van der Waals surface area contributed by atoms with Crippen LogP contribution in [0.2, 0.25) is 0 Å². The SMILES string of the molecule is C=CCOC(=O)c1ccc(O[C@@H]2O[C@H](COC(=O)c3ccc(O[C@@H]4O[C@H](COC(c5ccccc5)(c5ccccc5)c5ccccc5)[C@@H](OCc5ccccc5)[C@@H](OCc5ccccc5)[C@H]4OCc4ccccc4)c(OC)c3)[C@@H](OCc3ccccc3)[C@H](OCc3ccccc3)[C@H]2OCc2ccccc2)c(OC)c1. The van der Waals surface area contributed by atoms with Crippen LogP contribution in [0.1, 0.15) is 70.8 Å². The average Bonchev–Trinajstić information content (AvgIpc) is 0.751. The summed E-state index contributed by atoms with van der Waals surface area (Å²) in [6, 6.07) is 98.7. The molecule has 0 N–H and O–H groups in total. The second-order valence-corrected chi connectivity index (χ2v) is 26.2. The van der Waals surface area contributed by atoms with Crippen molar-refractivity contribution in [3.63, 3.8) is 0 Å². The summed E-state index contributed by atoms with van der Waals surface area (Å²) in [6.45, 7) is 4.11. The van der Waals surface area contributed by atoms with E-state index in [9.17, 15) is 4.79 Å². The summed E-state index contributed by atoms with van der Waals surface area (Å²) in [5.41, 5.74) is 7.19. The quantitative estimate of drug-likeness (QED) is 0.0206. The highest BCUT2D eigenvalue weighted by Crippen LogP contribution is 2.44. The largest absolute Gasteiger partial charge is 0.493 e. The molecule has 0 bridgehead atoms. The van der Waals surface area contributed by atoms with Gasteiger partial charge in [0.15, 0.2) is 23.0 Å². The van der Waals surface area contributed by atoms with Crippen LogP contribution >= 0.6 is 0 Å². The van der Waals surface area contributed by atoms with Crippen LogP contribution in [0.5, 0.6) is 23.0 Å². The van der Waals surface area contributed by atoms with Crippen LogP contribution in [0, 0.1) is 0 Å². The number of hydrogen-bond acceptors (Lipinski definition) is 17. The fourth-order valence-corrected chi connectivity index (χ4v) is 13.4. The molecule has 11 aromatic rings. The molecular weight excluding hydrogens is 1380 g/mol. The van der Waals surface area contributed by atoms with Crippen molar-refractivity contribution in [2.45, 2.75) is 107 Å². The molecule has 0 aliphatic carbocycles. The van der Waals surface area contributed by atoms with Crippen LogP contribution < -0.4 is 18.9 Å². The van der Waals surface area contributed by atoms with Crippen LogP contribution in [0.3, 0.4) is 0 Å². The van der Waals surface area contributed by atoms with E-state index < -0.39 is 79.0 Å². The number of esters is 2. The molecule has 0 saturated carbocycles. The van der Waals surface area contributed by atoms with Gasteiger partial charge < -0.3 is 71.1 Å². The molecule has 2 aliphatic rings. The van der Waals surface area contributed by atoms with E-state index in [2.05, 4.69) is 43.0 Å². The number of methoxy groups -OCH3 is 2. The lowest BCUT2D eigenvalue weighted by Gasteiger charge is -2.47. The molecule has 0 amide bonds. The molecule has 2 fully saturated rings. The Hall–Kier alpha value is -11.1. The van der Waals surface area contributed by atoms with E-state index >= 15 is 4.79 Å². The van der Waals surface area contributed by atoms with E-state index in [1.807, 2.05) is 237 Å². The number of carbonyl (C=O) groups is 2. The lowest BCUT2D eigenvalue weighted by Crippen LogP contribution is -2.63. The minimum Gasteiger partial charge on any atom is -0.493 e. The predicted octanol–water partition coefficient (Wildman–Crippen LogP) is 16.6. The second-order valence-electron chi connectivity index (χ2n) is 26.2. The molecule has 2 aliphatic heterocycles. The third kappa shape index (κ3) is 19.8. The Bertz CT molecular complexity index is 4470. The van der Waals surface area contributed by atoms with Gasteiger partial charge in [0.1, 0.15) is 67.6 Å². The van der Waals surface area contributed by atoms with Crippen LogP contribution in [0.4, 0.5) is 0 Å². The zero-order chi connectivity index (χ0) is 74.8. The maximum Gasteiger partial charge on any atom is 0.338 e. The van der Waals surface area contributed by atoms with Gasteiger partial charge in [0, 0.05) is 0 Å². The summed E-state index contributed by atoms with van der Waals surface area (Å²) in [7, 11) is 2.95. The van der Waals surface area contributed by atoms with Crippen LogP contribution in [0.15, 0.2) is 322 Å². The number of benzene rings is 11. The van der Waals surface area contributed by atoms with Crippen molar-refractivity contribution in [3.05, 3.63) is 383 Å². The van der Waals surface area contributed by atoms with Gasteiger partial charge in [0.2, 0.25) is 12.6 Å². The number of rotatable bonds is 36. The molecule has 17 heteroatoms. The molecule has 2 heterocycles. The van der Waals surface area contributed by atoms with Gasteiger partial charge in [-0.3, -0.25) is 0 Å². The van der Waals surface area contributed by atoms with Crippen molar-refractivity contribution in [2.75, 3.05) is 34.0 Å². The van der Waals surface area contributed by atoms with Crippen molar-refractivity contribution in [2.24, 2.45) is 0 Å². The summed E-state index contributed by atoms with van der Waals surface area (Å²) in [5, 5.41) is 0. The molecule has 109 heavy (non-hydrogen) atoms. The molecule has 17 nitrogen and oxygen atoms in total. The number of carbonyl (C=O) groups excluding carboxylic acids is 2. The Morgan fingerprint density at radius 2 is 0.624 bits per heavy atom. The van der Waals surface area contributed by atoms with Crippen molar-refractivity contribution >= 4 is 11.9 Å². The first-order valence-electron chi connectivity index (χ1n) is 36.4. The van der Waals surface area contributed by atoms with Gasteiger partial charge in [0.25, 0.3) is 0 Å². The highest BCUT2D eigenvalue weighted by atomic mass is 16.7. The Labute approximate surface area is 636 Å². The predicted molar refractivity (Wildman–Crippen MR) is 411 cm³/mol. The number of ether oxygens (including phenoxy) is 15. The maximum atomic E-state index is 15.0. The maximum absolute atomic E-state index is 15.0. The highest BCUT2D eigenvalue weighted by molar-refractivity contribution is 5.91. The van der Waals surface area contributed by atoms with Crippen molar-refractivity contribution in [1.82, 2.24) is 0 Å². The van der Waals surface area contributed by atoms with Gasteiger partial charge >= 0.3 is 11.9 Å². The van der Waals surface area contributed by atoms with E-state index in [1.165, 1.54) is 26.4 Å². The van der Waals surface area contributed by atoms with Crippen molar-refractivity contribution < 1.29 is 80.6 Å². The highest BCUT2D eigenvalue weighted by Gasteiger charge is 2.53. The third-order valence-corrected chi connectivity index (χ3v) is 18.9. The summed E-state index contributed by atoms with van der Waals surface area (Å²) >= 11 is 0. The first kappa shape index (κ1) is 76.1. The first-order valence-corrected chi connectivity index (χ1v) is 36.4. The lowest BCUT2D eigenvalue weighted by atomic mass is 9.80. The van der Waals surface area contributed by atoms with Crippen molar-refractivity contribution in [3.8, 4) is 23.0 Å². The molecule has 0 aromatic heterocycles. The molecule has 558 valence electrons. The molecule has 10 atom stereocenters. The number of hydrogen-bond donors (Lipinski definition) is 0. The Balaban J connectivity index is 0.843. The Morgan fingerprint density at radius 3 is 0.936 bits per heavy atom. The smallest absolute Gasteiger partial charge is 0.338 e. The van der Waals surface area contributed by atoms with Crippen LogP contribution in [0.25, 0.3) is 0 Å². The zero-order valence-corrected chi connectivity index (χ0v) is 60.8. The second kappa shape index (κ2) is 38.7. The normalized spacial score (nSPS) is 19.7. The summed E-state index contributed by atoms with van der Waals surface area (Å²) in [5.74, 6) is -0.546. The van der Waals surface area contributed by atoms with Gasteiger partial charge in [-0.05, 0) is 86.5 Å². The van der Waals surface area contributed by atoms with Gasteiger partial charge in [-0.2, -0.15) is 0 Å². The summed E-state index contributed by atoms with van der Waals surface area (Å²) in [6.07, 6.45) is -8.71. The average molecular weight is 1470 g/mol. The topological polar surface area (TPSA) is 173 Å². The van der Waals surface area contributed by atoms with E-state index in [0.29, 0.717) is 0 Å². The van der Waals surface area contributed by atoms with Gasteiger partial charge in [-0.1, -0.05) is 286 Å². The van der Waals surface area contributed by atoms with Crippen LogP contribution in [-0.2, 0) is 97.3 Å². The summed E-state index contributed by atoms with van der Waals surface area (Å²) < 4.78 is 102. The molecule has 0 unspecified atom stereocenters. The fraction of sp³-hybridized carbons (Fsp3) is 0.239. The molecule has 11 aromatic carbocycles.